The van der Waals surface area contributed by atoms with Crippen molar-refractivity contribution < 1.29 is 23.5 Å². The zero-order valence-corrected chi connectivity index (χ0v) is 14.8. The normalized spacial score (nSPS) is 10.5. The number of halogens is 1. The Labute approximate surface area is 154 Å². The third-order valence-electron chi connectivity index (χ3n) is 3.89. The number of para-hydroxylation sites is 1. The number of esters is 1. The molecule has 0 unspecified atom stereocenters. The van der Waals surface area contributed by atoms with Crippen molar-refractivity contribution in [2.24, 2.45) is 0 Å². The maximum absolute atomic E-state index is 13.6. The van der Waals surface area contributed by atoms with Gasteiger partial charge in [-0.3, -0.25) is 4.79 Å². The van der Waals surface area contributed by atoms with Crippen LogP contribution in [0.4, 0.5) is 10.1 Å². The smallest absolute Gasteiger partial charge is 0.356 e. The molecule has 0 saturated carbocycles. The average Bonchev–Trinajstić information content (AvgIpc) is 2.68. The number of aryl methyl sites for hydroxylation is 1. The molecular formula is C20H17FN2O4. The molecule has 3 rings (SSSR count). The molecule has 1 heterocycles. The Morgan fingerprint density at radius 1 is 1.15 bits per heavy atom. The molecule has 1 N–H and O–H groups in total. The second-order valence-corrected chi connectivity index (χ2v) is 5.82. The van der Waals surface area contributed by atoms with E-state index in [4.69, 9.17) is 9.47 Å². The van der Waals surface area contributed by atoms with Gasteiger partial charge in [0.05, 0.1) is 12.6 Å². The van der Waals surface area contributed by atoms with E-state index in [0.717, 1.165) is 0 Å². The van der Waals surface area contributed by atoms with Crippen molar-refractivity contribution in [2.45, 2.75) is 6.92 Å². The summed E-state index contributed by atoms with van der Waals surface area (Å²) < 4.78 is 23.9. The number of nitrogens with one attached hydrogen (secondary N) is 1. The molecule has 0 radical (unpaired) electrons. The zero-order chi connectivity index (χ0) is 19.4. The first-order chi connectivity index (χ1) is 13.0. The minimum Gasteiger partial charge on any atom is -0.483 e. The van der Waals surface area contributed by atoms with E-state index in [1.165, 1.54) is 19.2 Å². The molecule has 0 aliphatic carbocycles. The topological polar surface area (TPSA) is 77.5 Å². The molecule has 27 heavy (non-hydrogen) atoms. The fourth-order valence-electron chi connectivity index (χ4n) is 2.48. The van der Waals surface area contributed by atoms with Crippen molar-refractivity contribution in [1.29, 1.82) is 0 Å². The van der Waals surface area contributed by atoms with E-state index in [1.807, 2.05) is 0 Å². The number of nitrogens with zero attached hydrogens (tertiary/aromatic N) is 1. The highest BCUT2D eigenvalue weighted by Crippen LogP contribution is 2.25. The predicted octanol–water partition coefficient (Wildman–Crippen LogP) is 3.49. The Balaban J connectivity index is 1.78. The molecule has 3 aromatic rings. The number of pyridine rings is 1. The second-order valence-electron chi connectivity index (χ2n) is 5.82. The van der Waals surface area contributed by atoms with Gasteiger partial charge in [0.2, 0.25) is 0 Å². The molecule has 7 heteroatoms. The van der Waals surface area contributed by atoms with Gasteiger partial charge in [-0.05, 0) is 36.8 Å². The van der Waals surface area contributed by atoms with E-state index in [-0.39, 0.29) is 12.3 Å². The number of fused-ring (bicyclic) bond motifs is 1. The van der Waals surface area contributed by atoms with Crippen LogP contribution in [0.1, 0.15) is 16.1 Å². The lowest BCUT2D eigenvalue weighted by Gasteiger charge is -2.11. The summed E-state index contributed by atoms with van der Waals surface area (Å²) in [5, 5.41) is 3.22. The number of amides is 1. The Morgan fingerprint density at radius 3 is 2.67 bits per heavy atom. The number of anilines is 1. The number of aromatic nitrogens is 1. The van der Waals surface area contributed by atoms with Gasteiger partial charge < -0.3 is 14.8 Å². The highest BCUT2D eigenvalue weighted by atomic mass is 19.1. The summed E-state index contributed by atoms with van der Waals surface area (Å²) in [5.74, 6) is -1.15. The van der Waals surface area contributed by atoms with Crippen LogP contribution >= 0.6 is 0 Å². The number of methoxy groups -OCH3 is 1. The molecule has 1 amide bonds. The van der Waals surface area contributed by atoms with Gasteiger partial charge >= 0.3 is 5.97 Å². The van der Waals surface area contributed by atoms with Crippen molar-refractivity contribution in [3.8, 4) is 5.75 Å². The molecule has 2 aromatic carbocycles. The summed E-state index contributed by atoms with van der Waals surface area (Å²) in [6.45, 7) is 1.32. The average molecular weight is 368 g/mol. The van der Waals surface area contributed by atoms with Crippen LogP contribution in [0.5, 0.6) is 5.75 Å². The molecular weight excluding hydrogens is 351 g/mol. The summed E-state index contributed by atoms with van der Waals surface area (Å²) in [6, 6.07) is 12.9. The number of ether oxygens (including phenoxy) is 2. The van der Waals surface area contributed by atoms with Crippen LogP contribution in [0.2, 0.25) is 0 Å². The van der Waals surface area contributed by atoms with Gasteiger partial charge in [-0.1, -0.05) is 18.2 Å². The molecule has 0 spiro atoms. The standard InChI is InChI=1S/C20H17FN2O4/c1-12-7-8-13(9-15(12)21)22-19(24)11-27-18-10-17(20(25)26-2)23-16-6-4-3-5-14(16)18/h3-10H,11H2,1-2H3,(H,22,24). The van der Waals surface area contributed by atoms with Crippen LogP contribution in [0, 0.1) is 12.7 Å². The molecule has 0 fully saturated rings. The number of carbonyl (C=O) groups excluding carboxylic acids is 2. The molecule has 0 aliphatic heterocycles. The lowest BCUT2D eigenvalue weighted by atomic mass is 10.2. The summed E-state index contributed by atoms with van der Waals surface area (Å²) in [6.07, 6.45) is 0. The lowest BCUT2D eigenvalue weighted by molar-refractivity contribution is -0.118. The maximum Gasteiger partial charge on any atom is 0.356 e. The highest BCUT2D eigenvalue weighted by Gasteiger charge is 2.14. The highest BCUT2D eigenvalue weighted by molar-refractivity contribution is 5.95. The first-order valence-corrected chi connectivity index (χ1v) is 8.15. The second kappa shape index (κ2) is 7.82. The summed E-state index contributed by atoms with van der Waals surface area (Å²) in [4.78, 5) is 28.1. The predicted molar refractivity (Wildman–Crippen MR) is 98.3 cm³/mol. The lowest BCUT2D eigenvalue weighted by Crippen LogP contribution is -2.20. The molecule has 6 nitrogen and oxygen atoms in total. The third-order valence-corrected chi connectivity index (χ3v) is 3.89. The third kappa shape index (κ3) is 4.20. The van der Waals surface area contributed by atoms with E-state index in [1.54, 1.807) is 43.3 Å². The Morgan fingerprint density at radius 2 is 1.93 bits per heavy atom. The number of benzene rings is 2. The Kier molecular flexibility index (Phi) is 5.30. The molecule has 0 aliphatic rings. The van der Waals surface area contributed by atoms with Crippen molar-refractivity contribution in [3.63, 3.8) is 0 Å². The summed E-state index contributed by atoms with van der Waals surface area (Å²) >= 11 is 0. The van der Waals surface area contributed by atoms with Crippen LogP contribution in [0.15, 0.2) is 48.5 Å². The van der Waals surface area contributed by atoms with Crippen LogP contribution in [-0.2, 0) is 9.53 Å². The van der Waals surface area contributed by atoms with Crippen LogP contribution < -0.4 is 10.1 Å². The van der Waals surface area contributed by atoms with Crippen LogP contribution in [0.25, 0.3) is 10.9 Å². The number of hydrogen-bond donors (Lipinski definition) is 1. The van der Waals surface area contributed by atoms with Gasteiger partial charge in [-0.2, -0.15) is 0 Å². The van der Waals surface area contributed by atoms with Gasteiger partial charge in [-0.25, -0.2) is 14.2 Å². The van der Waals surface area contributed by atoms with Gasteiger partial charge in [0.1, 0.15) is 11.6 Å². The molecule has 1 aromatic heterocycles. The first kappa shape index (κ1) is 18.3. The minimum atomic E-state index is -0.606. The fourth-order valence-corrected chi connectivity index (χ4v) is 2.48. The zero-order valence-electron chi connectivity index (χ0n) is 14.8. The molecule has 0 atom stereocenters. The van der Waals surface area contributed by atoms with E-state index < -0.39 is 17.7 Å². The van der Waals surface area contributed by atoms with E-state index in [9.17, 15) is 14.0 Å². The first-order valence-electron chi connectivity index (χ1n) is 8.15. The van der Waals surface area contributed by atoms with Crippen LogP contribution in [0.3, 0.4) is 0 Å². The fraction of sp³-hybridized carbons (Fsp3) is 0.150. The Hall–Kier alpha value is -3.48. The molecule has 0 bridgehead atoms. The van der Waals surface area contributed by atoms with Crippen molar-refractivity contribution in [1.82, 2.24) is 4.98 Å². The number of carbonyl (C=O) groups is 2. The van der Waals surface area contributed by atoms with E-state index in [2.05, 4.69) is 10.3 Å². The largest absolute Gasteiger partial charge is 0.483 e. The van der Waals surface area contributed by atoms with Gasteiger partial charge in [0.25, 0.3) is 5.91 Å². The molecule has 0 saturated heterocycles. The number of hydrogen-bond acceptors (Lipinski definition) is 5. The van der Waals surface area contributed by atoms with Crippen molar-refractivity contribution >= 4 is 28.5 Å². The summed E-state index contributed by atoms with van der Waals surface area (Å²) in [7, 11) is 1.26. The van der Waals surface area contributed by atoms with Gasteiger partial charge in [0, 0.05) is 17.1 Å². The van der Waals surface area contributed by atoms with Crippen molar-refractivity contribution in [2.75, 3.05) is 19.0 Å². The van der Waals surface area contributed by atoms with Crippen LogP contribution in [-0.4, -0.2) is 30.6 Å². The quantitative estimate of drug-likeness (QED) is 0.698. The number of rotatable bonds is 5. The molecule has 138 valence electrons. The Bertz CT molecular complexity index is 1020. The van der Waals surface area contributed by atoms with E-state index in [0.29, 0.717) is 27.9 Å². The SMILES string of the molecule is COC(=O)c1cc(OCC(=O)Nc2ccc(C)c(F)c2)c2ccccc2n1. The van der Waals surface area contributed by atoms with Gasteiger partial charge in [0.15, 0.2) is 12.3 Å². The summed E-state index contributed by atoms with van der Waals surface area (Å²) in [5.41, 5.74) is 1.44. The monoisotopic (exact) mass is 368 g/mol. The van der Waals surface area contributed by atoms with Gasteiger partial charge in [-0.15, -0.1) is 0 Å². The van der Waals surface area contributed by atoms with E-state index >= 15 is 0 Å². The van der Waals surface area contributed by atoms with Crippen molar-refractivity contribution in [3.05, 3.63) is 65.6 Å². The minimum absolute atomic E-state index is 0.0761. The maximum atomic E-state index is 13.6.